The molecule has 0 saturated heterocycles. The highest BCUT2D eigenvalue weighted by Crippen LogP contribution is 2.37. The van der Waals surface area contributed by atoms with E-state index in [2.05, 4.69) is 9.72 Å². The third-order valence-electron chi connectivity index (χ3n) is 3.04. The molecule has 24 heavy (non-hydrogen) atoms. The summed E-state index contributed by atoms with van der Waals surface area (Å²) in [5, 5.41) is 0. The Morgan fingerprint density at radius 2 is 1.92 bits per heavy atom. The number of alkyl halides is 3. The van der Waals surface area contributed by atoms with Gasteiger partial charge in [0.25, 0.3) is 5.91 Å². The Balaban J connectivity index is 2.48. The molecule has 0 spiro atoms. The van der Waals surface area contributed by atoms with Gasteiger partial charge in [-0.05, 0) is 12.1 Å². The van der Waals surface area contributed by atoms with Crippen LogP contribution < -0.4 is 4.90 Å². The Labute approximate surface area is 143 Å². The zero-order valence-electron chi connectivity index (χ0n) is 12.3. The Kier molecular flexibility index (Phi) is 5.14. The highest BCUT2D eigenvalue weighted by Gasteiger charge is 2.40. The highest BCUT2D eigenvalue weighted by atomic mass is 35.5. The number of hydrogen-bond donors (Lipinski definition) is 0. The van der Waals surface area contributed by atoms with Crippen LogP contribution >= 0.6 is 22.9 Å². The van der Waals surface area contributed by atoms with Crippen molar-refractivity contribution >= 4 is 40.5 Å². The predicted molar refractivity (Wildman–Crippen MR) is 82.6 cm³/mol. The monoisotopic (exact) mass is 378 g/mol. The summed E-state index contributed by atoms with van der Waals surface area (Å²) in [5.41, 5.74) is -1.21. The molecule has 2 aromatic rings. The van der Waals surface area contributed by atoms with Crippen molar-refractivity contribution in [3.8, 4) is 0 Å². The van der Waals surface area contributed by atoms with Crippen molar-refractivity contribution < 1.29 is 27.5 Å². The standard InChI is InChI=1S/C14H10ClF3N2O3S/c1-20(8-6-4-3-5-7(8)12(22)23-2)11(21)9-10(14(16,17)18)19-13(15)24-9/h3-6H,1-2H3. The third-order valence-corrected chi connectivity index (χ3v) is 4.19. The van der Waals surface area contributed by atoms with Crippen LogP contribution in [0.2, 0.25) is 4.47 Å². The molecule has 0 saturated carbocycles. The normalized spacial score (nSPS) is 11.2. The molecular formula is C14H10ClF3N2O3S. The van der Waals surface area contributed by atoms with Crippen LogP contribution in [0, 0.1) is 0 Å². The molecule has 10 heteroatoms. The van der Waals surface area contributed by atoms with Gasteiger partial charge in [-0.2, -0.15) is 13.2 Å². The summed E-state index contributed by atoms with van der Waals surface area (Å²) in [4.78, 5) is 27.7. The maximum absolute atomic E-state index is 13.0. The molecule has 1 aromatic carbocycles. The summed E-state index contributed by atoms with van der Waals surface area (Å²) in [7, 11) is 2.41. The number of benzene rings is 1. The zero-order valence-corrected chi connectivity index (χ0v) is 13.9. The van der Waals surface area contributed by atoms with Crippen molar-refractivity contribution in [1.82, 2.24) is 4.98 Å². The quantitative estimate of drug-likeness (QED) is 0.760. The molecule has 0 fully saturated rings. The van der Waals surface area contributed by atoms with Crippen LogP contribution in [-0.2, 0) is 10.9 Å². The number of esters is 1. The van der Waals surface area contributed by atoms with Crippen LogP contribution in [0.15, 0.2) is 24.3 Å². The van der Waals surface area contributed by atoms with Crippen molar-refractivity contribution in [3.63, 3.8) is 0 Å². The van der Waals surface area contributed by atoms with E-state index in [4.69, 9.17) is 11.6 Å². The number of methoxy groups -OCH3 is 1. The van der Waals surface area contributed by atoms with Crippen molar-refractivity contribution in [2.75, 3.05) is 19.1 Å². The van der Waals surface area contributed by atoms with E-state index >= 15 is 0 Å². The van der Waals surface area contributed by atoms with Crippen LogP contribution in [0.3, 0.4) is 0 Å². The van der Waals surface area contributed by atoms with Gasteiger partial charge in [0.1, 0.15) is 4.88 Å². The van der Waals surface area contributed by atoms with E-state index in [1.165, 1.54) is 25.2 Å². The fourth-order valence-electron chi connectivity index (χ4n) is 1.94. The number of thiazole rings is 1. The number of halogens is 4. The maximum Gasteiger partial charge on any atom is 0.435 e. The Bertz CT molecular complexity index is 792. The van der Waals surface area contributed by atoms with E-state index in [1.54, 1.807) is 6.07 Å². The Hall–Kier alpha value is -2.13. The number of rotatable bonds is 3. The third kappa shape index (κ3) is 3.51. The number of aromatic nitrogens is 1. The molecule has 0 unspecified atom stereocenters. The molecule has 2 rings (SSSR count). The lowest BCUT2D eigenvalue weighted by molar-refractivity contribution is -0.141. The van der Waals surface area contributed by atoms with E-state index < -0.39 is 33.1 Å². The minimum atomic E-state index is -4.82. The Morgan fingerprint density at radius 1 is 1.29 bits per heavy atom. The molecule has 1 heterocycles. The number of para-hydroxylation sites is 1. The first kappa shape index (κ1) is 18.2. The van der Waals surface area contributed by atoms with Crippen LogP contribution in [0.5, 0.6) is 0 Å². The second-order valence-corrected chi connectivity index (χ2v) is 6.10. The number of hydrogen-bond acceptors (Lipinski definition) is 5. The van der Waals surface area contributed by atoms with Gasteiger partial charge in [0.2, 0.25) is 0 Å². The van der Waals surface area contributed by atoms with Crippen molar-refractivity contribution in [2.24, 2.45) is 0 Å². The fraction of sp³-hybridized carbons (Fsp3) is 0.214. The topological polar surface area (TPSA) is 59.5 Å². The molecule has 1 amide bonds. The van der Waals surface area contributed by atoms with Crippen LogP contribution in [0.25, 0.3) is 0 Å². The Morgan fingerprint density at radius 3 is 2.50 bits per heavy atom. The van der Waals surface area contributed by atoms with Gasteiger partial charge >= 0.3 is 12.1 Å². The molecule has 128 valence electrons. The molecular weight excluding hydrogens is 369 g/mol. The average Bonchev–Trinajstić information content (AvgIpc) is 2.95. The van der Waals surface area contributed by atoms with Crippen LogP contribution in [-0.4, -0.2) is 31.0 Å². The number of carbonyl (C=O) groups excluding carboxylic acids is 2. The molecule has 0 aliphatic heterocycles. The summed E-state index contributed by atoms with van der Waals surface area (Å²) in [6, 6.07) is 5.89. The number of nitrogens with zero attached hydrogens (tertiary/aromatic N) is 2. The fourth-order valence-corrected chi connectivity index (χ4v) is 3.05. The molecule has 0 radical (unpaired) electrons. The van der Waals surface area contributed by atoms with Gasteiger partial charge in [-0.1, -0.05) is 35.1 Å². The molecule has 0 atom stereocenters. The summed E-state index contributed by atoms with van der Waals surface area (Å²) in [5.74, 6) is -1.70. The number of carbonyl (C=O) groups is 2. The van der Waals surface area contributed by atoms with Gasteiger partial charge in [-0.25, -0.2) is 9.78 Å². The molecule has 0 N–H and O–H groups in total. The van der Waals surface area contributed by atoms with Gasteiger partial charge in [0.05, 0.1) is 18.4 Å². The summed E-state index contributed by atoms with van der Waals surface area (Å²) >= 11 is 5.95. The minimum Gasteiger partial charge on any atom is -0.465 e. The van der Waals surface area contributed by atoms with E-state index in [0.29, 0.717) is 11.3 Å². The van der Waals surface area contributed by atoms with Crippen molar-refractivity contribution in [1.29, 1.82) is 0 Å². The summed E-state index contributed by atoms with van der Waals surface area (Å²) in [6.45, 7) is 0. The van der Waals surface area contributed by atoms with Gasteiger partial charge < -0.3 is 9.64 Å². The van der Waals surface area contributed by atoms with Crippen molar-refractivity contribution in [3.05, 3.63) is 44.9 Å². The van der Waals surface area contributed by atoms with E-state index in [9.17, 15) is 22.8 Å². The first-order valence-corrected chi connectivity index (χ1v) is 7.55. The maximum atomic E-state index is 13.0. The molecule has 5 nitrogen and oxygen atoms in total. The van der Waals surface area contributed by atoms with E-state index in [0.717, 1.165) is 12.0 Å². The number of ether oxygens (including phenoxy) is 1. The lowest BCUT2D eigenvalue weighted by Crippen LogP contribution is -2.29. The highest BCUT2D eigenvalue weighted by molar-refractivity contribution is 7.17. The lowest BCUT2D eigenvalue weighted by atomic mass is 10.1. The predicted octanol–water partition coefficient (Wildman–Crippen LogP) is 3.88. The first-order chi connectivity index (χ1) is 11.2. The number of amides is 1. The molecule has 0 aliphatic rings. The number of anilines is 1. The van der Waals surface area contributed by atoms with E-state index in [1.807, 2.05) is 0 Å². The van der Waals surface area contributed by atoms with Gasteiger partial charge in [-0.15, -0.1) is 0 Å². The van der Waals surface area contributed by atoms with Gasteiger partial charge in [0, 0.05) is 7.05 Å². The minimum absolute atomic E-state index is 0.0417. The zero-order chi connectivity index (χ0) is 18.1. The average molecular weight is 379 g/mol. The second-order valence-electron chi connectivity index (χ2n) is 4.52. The lowest BCUT2D eigenvalue weighted by Gasteiger charge is -2.19. The van der Waals surface area contributed by atoms with Gasteiger partial charge in [-0.3, -0.25) is 4.79 Å². The SMILES string of the molecule is COC(=O)c1ccccc1N(C)C(=O)c1sc(Cl)nc1C(F)(F)F. The van der Waals surface area contributed by atoms with Crippen LogP contribution in [0.4, 0.5) is 18.9 Å². The molecule has 0 aliphatic carbocycles. The second kappa shape index (κ2) is 6.78. The van der Waals surface area contributed by atoms with Crippen molar-refractivity contribution in [2.45, 2.75) is 6.18 Å². The van der Waals surface area contributed by atoms with Crippen LogP contribution in [0.1, 0.15) is 25.7 Å². The van der Waals surface area contributed by atoms with Gasteiger partial charge in [0.15, 0.2) is 10.2 Å². The van der Waals surface area contributed by atoms with E-state index in [-0.39, 0.29) is 11.3 Å². The molecule has 1 aromatic heterocycles. The smallest absolute Gasteiger partial charge is 0.435 e. The summed E-state index contributed by atoms with van der Waals surface area (Å²) < 4.78 is 43.2. The summed E-state index contributed by atoms with van der Waals surface area (Å²) in [6.07, 6.45) is -4.82. The molecule has 0 bridgehead atoms. The largest absolute Gasteiger partial charge is 0.465 e. The first-order valence-electron chi connectivity index (χ1n) is 6.35.